The van der Waals surface area contributed by atoms with Gasteiger partial charge in [-0.25, -0.2) is 18.7 Å². The number of rotatable bonds is 4. The number of pyridine rings is 1. The van der Waals surface area contributed by atoms with E-state index in [-0.39, 0.29) is 11.7 Å². The monoisotopic (exact) mass is 379 g/mol. The summed E-state index contributed by atoms with van der Waals surface area (Å²) in [6, 6.07) is 11.1. The van der Waals surface area contributed by atoms with E-state index in [2.05, 4.69) is 15.0 Å². The molecule has 28 heavy (non-hydrogen) atoms. The molecule has 0 saturated carbocycles. The third-order valence-electron chi connectivity index (χ3n) is 4.48. The zero-order valence-electron chi connectivity index (χ0n) is 15.8. The lowest BCUT2D eigenvalue weighted by molar-refractivity contribution is 0.241. The van der Waals surface area contributed by atoms with Gasteiger partial charge in [0.2, 0.25) is 0 Å². The van der Waals surface area contributed by atoms with Gasteiger partial charge in [0.05, 0.1) is 11.6 Å². The zero-order chi connectivity index (χ0) is 19.8. The van der Waals surface area contributed by atoms with Crippen molar-refractivity contribution in [3.63, 3.8) is 0 Å². The number of ether oxygens (including phenoxy) is 1. The second-order valence-corrected chi connectivity index (χ2v) is 6.90. The molecule has 4 nitrogen and oxygen atoms in total. The van der Waals surface area contributed by atoms with Gasteiger partial charge < -0.3 is 9.72 Å². The summed E-state index contributed by atoms with van der Waals surface area (Å²) in [6.45, 7) is 5.94. The first-order valence-electron chi connectivity index (χ1n) is 9.00. The molecule has 0 radical (unpaired) electrons. The van der Waals surface area contributed by atoms with Crippen LogP contribution < -0.4 is 4.74 Å². The quantitative estimate of drug-likeness (QED) is 0.497. The Morgan fingerprint density at radius 2 is 1.86 bits per heavy atom. The highest BCUT2D eigenvalue weighted by Gasteiger charge is 2.14. The van der Waals surface area contributed by atoms with E-state index < -0.39 is 11.6 Å². The molecule has 0 aliphatic heterocycles. The van der Waals surface area contributed by atoms with Crippen molar-refractivity contribution in [1.82, 2.24) is 15.0 Å². The minimum Gasteiger partial charge on any atom is -0.491 e. The van der Waals surface area contributed by atoms with Crippen LogP contribution in [0.15, 0.2) is 48.7 Å². The van der Waals surface area contributed by atoms with Gasteiger partial charge in [-0.1, -0.05) is 12.1 Å². The molecule has 2 aromatic carbocycles. The van der Waals surface area contributed by atoms with Crippen molar-refractivity contribution in [2.75, 3.05) is 0 Å². The molecular weight excluding hydrogens is 360 g/mol. The third-order valence-corrected chi connectivity index (χ3v) is 4.48. The molecule has 6 heteroatoms. The molecule has 0 saturated heterocycles. The number of aromatic nitrogens is 3. The molecule has 0 atom stereocenters. The Bertz CT molecular complexity index is 1170. The molecule has 2 heterocycles. The molecule has 0 fully saturated rings. The summed E-state index contributed by atoms with van der Waals surface area (Å²) in [4.78, 5) is 12.1. The van der Waals surface area contributed by atoms with Crippen LogP contribution in [0.1, 0.15) is 19.4 Å². The molecule has 1 N–H and O–H groups in total. The fourth-order valence-corrected chi connectivity index (χ4v) is 3.15. The molecule has 0 aliphatic carbocycles. The molecule has 4 aromatic rings. The van der Waals surface area contributed by atoms with Crippen LogP contribution in [-0.2, 0) is 0 Å². The summed E-state index contributed by atoms with van der Waals surface area (Å²) in [5, 5.41) is 0. The first kappa shape index (κ1) is 18.1. The van der Waals surface area contributed by atoms with E-state index in [4.69, 9.17) is 4.74 Å². The number of nitrogens with zero attached hydrogens (tertiary/aromatic N) is 2. The first-order valence-corrected chi connectivity index (χ1v) is 9.00. The van der Waals surface area contributed by atoms with Crippen molar-refractivity contribution in [1.29, 1.82) is 0 Å². The van der Waals surface area contributed by atoms with Crippen LogP contribution in [0.2, 0.25) is 0 Å². The van der Waals surface area contributed by atoms with Gasteiger partial charge in [-0.15, -0.1) is 0 Å². The summed E-state index contributed by atoms with van der Waals surface area (Å²) in [5.41, 5.74) is 3.91. The lowest BCUT2D eigenvalue weighted by atomic mass is 10.1. The first-order chi connectivity index (χ1) is 13.4. The Labute approximate surface area is 161 Å². The van der Waals surface area contributed by atoms with Gasteiger partial charge in [0.25, 0.3) is 0 Å². The van der Waals surface area contributed by atoms with Crippen LogP contribution >= 0.6 is 0 Å². The molecular formula is C22H19F2N3O. The molecule has 0 spiro atoms. The van der Waals surface area contributed by atoms with Crippen LogP contribution in [0, 0.1) is 18.6 Å². The second-order valence-electron chi connectivity index (χ2n) is 6.90. The maximum absolute atomic E-state index is 14.1. The normalized spacial score (nSPS) is 11.4. The highest BCUT2D eigenvalue weighted by Crippen LogP contribution is 2.31. The molecule has 0 amide bonds. The highest BCUT2D eigenvalue weighted by molar-refractivity contribution is 5.82. The van der Waals surface area contributed by atoms with E-state index in [1.807, 2.05) is 39.0 Å². The lowest BCUT2D eigenvalue weighted by Crippen LogP contribution is -2.07. The van der Waals surface area contributed by atoms with Gasteiger partial charge in [-0.3, -0.25) is 0 Å². The topological polar surface area (TPSA) is 50.8 Å². The molecule has 0 unspecified atom stereocenters. The summed E-state index contributed by atoms with van der Waals surface area (Å²) >= 11 is 0. The number of nitrogens with one attached hydrogen (secondary N) is 1. The van der Waals surface area contributed by atoms with Crippen LogP contribution in [-0.4, -0.2) is 21.1 Å². The Kier molecular flexibility index (Phi) is 4.55. The van der Waals surface area contributed by atoms with Crippen molar-refractivity contribution in [3.8, 4) is 28.3 Å². The standard InChI is InChI=1S/C22H19F2N3O/c1-12(2)28-20-6-4-5-16(13(20)3)21-26-19-9-14(11-25-22(19)27-21)17-8-7-15(23)10-18(17)24/h4-12H,1-3H3,(H,25,26,27). The van der Waals surface area contributed by atoms with Crippen molar-refractivity contribution >= 4 is 11.2 Å². The number of hydrogen-bond acceptors (Lipinski definition) is 3. The summed E-state index contributed by atoms with van der Waals surface area (Å²) in [7, 11) is 0. The average molecular weight is 379 g/mol. The van der Waals surface area contributed by atoms with Crippen molar-refractivity contribution in [3.05, 3.63) is 65.9 Å². The predicted octanol–water partition coefficient (Wildman–Crippen LogP) is 5.67. The Balaban J connectivity index is 1.77. The number of benzene rings is 2. The van der Waals surface area contributed by atoms with Crippen molar-refractivity contribution in [2.24, 2.45) is 0 Å². The smallest absolute Gasteiger partial charge is 0.178 e. The molecule has 142 valence electrons. The van der Waals surface area contributed by atoms with E-state index in [1.165, 1.54) is 18.3 Å². The zero-order valence-corrected chi connectivity index (χ0v) is 15.8. The van der Waals surface area contributed by atoms with Gasteiger partial charge in [0.15, 0.2) is 5.65 Å². The molecule has 0 aliphatic rings. The Hall–Kier alpha value is -3.28. The highest BCUT2D eigenvalue weighted by atomic mass is 19.1. The maximum Gasteiger partial charge on any atom is 0.178 e. The van der Waals surface area contributed by atoms with Gasteiger partial charge in [0.1, 0.15) is 23.2 Å². The van der Waals surface area contributed by atoms with E-state index in [0.29, 0.717) is 22.6 Å². The van der Waals surface area contributed by atoms with E-state index >= 15 is 0 Å². The Morgan fingerprint density at radius 3 is 2.61 bits per heavy atom. The van der Waals surface area contributed by atoms with Gasteiger partial charge in [0, 0.05) is 34.5 Å². The number of hydrogen-bond donors (Lipinski definition) is 1. The number of H-pyrrole nitrogens is 1. The number of imidazole rings is 1. The molecule has 4 rings (SSSR count). The van der Waals surface area contributed by atoms with E-state index in [0.717, 1.165) is 22.9 Å². The fraction of sp³-hybridized carbons (Fsp3) is 0.182. The molecule has 2 aromatic heterocycles. The minimum absolute atomic E-state index is 0.0689. The summed E-state index contributed by atoms with van der Waals surface area (Å²) in [5.74, 6) is 0.217. The molecule has 0 bridgehead atoms. The van der Waals surface area contributed by atoms with Crippen molar-refractivity contribution in [2.45, 2.75) is 26.9 Å². The average Bonchev–Trinajstić information content (AvgIpc) is 3.06. The van der Waals surface area contributed by atoms with Gasteiger partial charge in [-0.05, 0) is 45.0 Å². The Morgan fingerprint density at radius 1 is 1.04 bits per heavy atom. The van der Waals surface area contributed by atoms with Gasteiger partial charge in [-0.2, -0.15) is 0 Å². The van der Waals surface area contributed by atoms with Gasteiger partial charge >= 0.3 is 0 Å². The van der Waals surface area contributed by atoms with Crippen LogP contribution in [0.25, 0.3) is 33.7 Å². The SMILES string of the molecule is Cc1c(OC(C)C)cccc1-c1nc2ncc(-c3ccc(F)cc3F)cc2[nH]1. The number of halogens is 2. The number of fused-ring (bicyclic) bond motifs is 1. The van der Waals surface area contributed by atoms with Crippen LogP contribution in [0.4, 0.5) is 8.78 Å². The van der Waals surface area contributed by atoms with Crippen molar-refractivity contribution < 1.29 is 13.5 Å². The summed E-state index contributed by atoms with van der Waals surface area (Å²) in [6.07, 6.45) is 1.61. The second kappa shape index (κ2) is 7.03. The van der Waals surface area contributed by atoms with Crippen LogP contribution in [0.3, 0.4) is 0 Å². The minimum atomic E-state index is -0.629. The van der Waals surface area contributed by atoms with E-state index in [1.54, 1.807) is 6.07 Å². The van der Waals surface area contributed by atoms with Crippen LogP contribution in [0.5, 0.6) is 5.75 Å². The predicted molar refractivity (Wildman–Crippen MR) is 105 cm³/mol. The summed E-state index contributed by atoms with van der Waals surface area (Å²) < 4.78 is 33.1. The lowest BCUT2D eigenvalue weighted by Gasteiger charge is -2.14. The maximum atomic E-state index is 14.1. The number of aromatic amines is 1. The third kappa shape index (κ3) is 3.33. The fourth-order valence-electron chi connectivity index (χ4n) is 3.15. The van der Waals surface area contributed by atoms with E-state index in [9.17, 15) is 8.78 Å². The largest absolute Gasteiger partial charge is 0.491 e.